The van der Waals surface area contributed by atoms with E-state index in [0.29, 0.717) is 0 Å². The van der Waals surface area contributed by atoms with Crippen LogP contribution in [0.15, 0.2) is 0 Å². The molecule has 0 aromatic heterocycles. The van der Waals surface area contributed by atoms with E-state index in [9.17, 15) is 0 Å². The predicted octanol–water partition coefficient (Wildman–Crippen LogP) is 2.25. The van der Waals surface area contributed by atoms with Gasteiger partial charge in [-0.2, -0.15) is 0 Å². The van der Waals surface area contributed by atoms with Crippen LogP contribution in [0, 0.1) is 0 Å². The van der Waals surface area contributed by atoms with Gasteiger partial charge in [0.25, 0.3) is 0 Å². The molecule has 0 radical (unpaired) electrons. The smallest absolute Gasteiger partial charge is 0.0107 e. The van der Waals surface area contributed by atoms with Gasteiger partial charge in [-0.1, -0.05) is 12.8 Å². The number of rotatable bonds is 3. The molecule has 0 saturated carbocycles. The van der Waals surface area contributed by atoms with Crippen molar-refractivity contribution in [2.24, 2.45) is 0 Å². The first-order chi connectivity index (χ1) is 6.58. The molecule has 2 nitrogen and oxygen atoms in total. The quantitative estimate of drug-likeness (QED) is 0.748. The Hall–Kier alpha value is -0.0800. The molecule has 0 amide bonds. The lowest BCUT2D eigenvalue weighted by molar-refractivity contribution is 0.270. The summed E-state index contributed by atoms with van der Waals surface area (Å²) in [6.07, 6.45) is 5.66. The van der Waals surface area contributed by atoms with Crippen LogP contribution in [0.1, 0.15) is 46.5 Å². The van der Waals surface area contributed by atoms with Crippen LogP contribution in [-0.4, -0.2) is 36.6 Å². The third kappa shape index (κ3) is 5.61. The maximum Gasteiger partial charge on any atom is 0.0107 e. The minimum Gasteiger partial charge on any atom is -0.311 e. The van der Waals surface area contributed by atoms with Gasteiger partial charge >= 0.3 is 0 Å². The van der Waals surface area contributed by atoms with Crippen molar-refractivity contribution in [3.05, 3.63) is 0 Å². The van der Waals surface area contributed by atoms with E-state index in [-0.39, 0.29) is 5.54 Å². The molecule has 1 N–H and O–H groups in total. The van der Waals surface area contributed by atoms with Gasteiger partial charge in [-0.3, -0.25) is 0 Å². The molecule has 0 bridgehead atoms. The topological polar surface area (TPSA) is 15.3 Å². The van der Waals surface area contributed by atoms with E-state index in [0.717, 1.165) is 6.54 Å². The first-order valence-corrected chi connectivity index (χ1v) is 6.05. The first kappa shape index (κ1) is 12.0. The Morgan fingerprint density at radius 2 is 1.57 bits per heavy atom. The van der Waals surface area contributed by atoms with Gasteiger partial charge in [0.1, 0.15) is 0 Å². The molecule has 1 aliphatic rings. The van der Waals surface area contributed by atoms with Crippen LogP contribution in [0.4, 0.5) is 0 Å². The highest BCUT2D eigenvalue weighted by molar-refractivity contribution is 4.72. The van der Waals surface area contributed by atoms with Crippen LogP contribution in [0.2, 0.25) is 0 Å². The maximum absolute atomic E-state index is 3.55. The largest absolute Gasteiger partial charge is 0.311 e. The minimum atomic E-state index is 0.270. The summed E-state index contributed by atoms with van der Waals surface area (Å²) in [7, 11) is 0. The summed E-state index contributed by atoms with van der Waals surface area (Å²) in [4.78, 5) is 2.60. The summed E-state index contributed by atoms with van der Waals surface area (Å²) < 4.78 is 0. The lowest BCUT2D eigenvalue weighted by atomic mass is 10.1. The molecule has 1 rings (SSSR count). The molecule has 14 heavy (non-hydrogen) atoms. The number of nitrogens with one attached hydrogen (secondary N) is 1. The van der Waals surface area contributed by atoms with E-state index in [1.54, 1.807) is 0 Å². The summed E-state index contributed by atoms with van der Waals surface area (Å²) in [5.41, 5.74) is 0.270. The molecule has 0 aliphatic carbocycles. The third-order valence-electron chi connectivity index (χ3n) is 2.78. The standard InChI is InChI=1S/C12H26N2/c1-12(2,3)13-8-11-14-9-6-4-5-7-10-14/h13H,4-11H2,1-3H3. The fourth-order valence-electron chi connectivity index (χ4n) is 1.95. The Labute approximate surface area is 89.1 Å². The summed E-state index contributed by atoms with van der Waals surface area (Å²) in [6, 6.07) is 0. The second-order valence-corrected chi connectivity index (χ2v) is 5.43. The third-order valence-corrected chi connectivity index (χ3v) is 2.78. The van der Waals surface area contributed by atoms with Gasteiger partial charge < -0.3 is 10.2 Å². The molecule has 0 aromatic rings. The van der Waals surface area contributed by atoms with Gasteiger partial charge in [-0.25, -0.2) is 0 Å². The second-order valence-electron chi connectivity index (χ2n) is 5.43. The van der Waals surface area contributed by atoms with Crippen LogP contribution in [0.3, 0.4) is 0 Å². The van der Waals surface area contributed by atoms with Crippen molar-refractivity contribution >= 4 is 0 Å². The molecule has 2 heteroatoms. The Balaban J connectivity index is 2.10. The van der Waals surface area contributed by atoms with E-state index < -0.39 is 0 Å². The minimum absolute atomic E-state index is 0.270. The monoisotopic (exact) mass is 198 g/mol. The molecule has 1 fully saturated rings. The van der Waals surface area contributed by atoms with Crippen LogP contribution in [-0.2, 0) is 0 Å². The van der Waals surface area contributed by atoms with E-state index in [2.05, 4.69) is 31.0 Å². The van der Waals surface area contributed by atoms with Crippen LogP contribution < -0.4 is 5.32 Å². The molecule has 0 spiro atoms. The fraction of sp³-hybridized carbons (Fsp3) is 1.00. The highest BCUT2D eigenvalue weighted by atomic mass is 15.1. The van der Waals surface area contributed by atoms with Crippen molar-refractivity contribution in [3.8, 4) is 0 Å². The first-order valence-electron chi connectivity index (χ1n) is 6.05. The Morgan fingerprint density at radius 3 is 2.07 bits per heavy atom. The normalized spacial score (nSPS) is 20.8. The van der Waals surface area contributed by atoms with E-state index in [1.807, 2.05) is 0 Å². The summed E-state index contributed by atoms with van der Waals surface area (Å²) >= 11 is 0. The molecular weight excluding hydrogens is 172 g/mol. The molecular formula is C12H26N2. The van der Waals surface area contributed by atoms with Gasteiger partial charge in [-0.15, -0.1) is 0 Å². The maximum atomic E-state index is 3.55. The molecule has 0 atom stereocenters. The van der Waals surface area contributed by atoms with Crippen molar-refractivity contribution in [3.63, 3.8) is 0 Å². The van der Waals surface area contributed by atoms with E-state index >= 15 is 0 Å². The Morgan fingerprint density at radius 1 is 1.00 bits per heavy atom. The summed E-state index contributed by atoms with van der Waals surface area (Å²) in [5, 5.41) is 3.55. The van der Waals surface area contributed by atoms with Gasteiger partial charge in [0.15, 0.2) is 0 Å². The lowest BCUT2D eigenvalue weighted by Crippen LogP contribution is -2.41. The molecule has 84 valence electrons. The zero-order valence-corrected chi connectivity index (χ0v) is 10.1. The lowest BCUT2D eigenvalue weighted by Gasteiger charge is -2.25. The van der Waals surface area contributed by atoms with E-state index in [1.165, 1.54) is 45.3 Å². The summed E-state index contributed by atoms with van der Waals surface area (Å²) in [6.45, 7) is 11.7. The summed E-state index contributed by atoms with van der Waals surface area (Å²) in [5.74, 6) is 0. The van der Waals surface area contributed by atoms with Crippen molar-refractivity contribution in [1.29, 1.82) is 0 Å². The van der Waals surface area contributed by atoms with Crippen molar-refractivity contribution in [2.45, 2.75) is 52.0 Å². The van der Waals surface area contributed by atoms with Crippen LogP contribution in [0.5, 0.6) is 0 Å². The van der Waals surface area contributed by atoms with Gasteiger partial charge in [0.2, 0.25) is 0 Å². The van der Waals surface area contributed by atoms with Crippen molar-refractivity contribution in [2.75, 3.05) is 26.2 Å². The van der Waals surface area contributed by atoms with E-state index in [4.69, 9.17) is 0 Å². The molecule has 1 aliphatic heterocycles. The zero-order valence-electron chi connectivity index (χ0n) is 10.1. The second kappa shape index (κ2) is 5.72. The van der Waals surface area contributed by atoms with Gasteiger partial charge in [-0.05, 0) is 46.7 Å². The molecule has 0 unspecified atom stereocenters. The highest BCUT2D eigenvalue weighted by Crippen LogP contribution is 2.08. The Bertz CT molecular complexity index is 141. The van der Waals surface area contributed by atoms with Crippen LogP contribution in [0.25, 0.3) is 0 Å². The number of hydrogen-bond acceptors (Lipinski definition) is 2. The SMILES string of the molecule is CC(C)(C)NCCN1CCCCCC1. The van der Waals surface area contributed by atoms with Crippen molar-refractivity contribution < 1.29 is 0 Å². The fourth-order valence-corrected chi connectivity index (χ4v) is 1.95. The molecule has 0 aromatic carbocycles. The van der Waals surface area contributed by atoms with Gasteiger partial charge in [0.05, 0.1) is 0 Å². The average Bonchev–Trinajstić information content (AvgIpc) is 2.30. The predicted molar refractivity (Wildman–Crippen MR) is 62.7 cm³/mol. The molecule has 1 saturated heterocycles. The molecule has 1 heterocycles. The van der Waals surface area contributed by atoms with Crippen molar-refractivity contribution in [1.82, 2.24) is 10.2 Å². The van der Waals surface area contributed by atoms with Gasteiger partial charge in [0, 0.05) is 18.6 Å². The average molecular weight is 198 g/mol. The number of likely N-dealkylation sites (tertiary alicyclic amines) is 1. The Kier molecular flexibility index (Phi) is 4.90. The highest BCUT2D eigenvalue weighted by Gasteiger charge is 2.11. The zero-order chi connectivity index (χ0) is 10.4. The number of nitrogens with zero attached hydrogens (tertiary/aromatic N) is 1. The number of hydrogen-bond donors (Lipinski definition) is 1. The van der Waals surface area contributed by atoms with Crippen LogP contribution >= 0.6 is 0 Å².